The second-order valence-corrected chi connectivity index (χ2v) is 11.6. The summed E-state index contributed by atoms with van der Waals surface area (Å²) in [5.41, 5.74) is -0.844. The lowest BCUT2D eigenvalue weighted by atomic mass is 9.99. The number of piperidine rings is 1. The molecule has 1 heterocycles. The van der Waals surface area contributed by atoms with E-state index in [1.807, 2.05) is 0 Å². The topological polar surface area (TPSA) is 146 Å². The van der Waals surface area contributed by atoms with Gasteiger partial charge in [-0.2, -0.15) is 0 Å². The molecule has 212 valence electrons. The number of esters is 1. The minimum atomic E-state index is -4.60. The van der Waals surface area contributed by atoms with Gasteiger partial charge in [0.2, 0.25) is 0 Å². The Kier molecular flexibility index (Phi) is 9.64. The number of hydrogen-bond acceptors (Lipinski definition) is 9. The van der Waals surface area contributed by atoms with Crippen LogP contribution in [0.15, 0.2) is 59.5 Å². The molecule has 1 fully saturated rings. The third-order valence-corrected chi connectivity index (χ3v) is 7.60. The molecule has 0 radical (unpaired) electrons. The van der Waals surface area contributed by atoms with Crippen molar-refractivity contribution in [2.24, 2.45) is 0 Å². The van der Waals surface area contributed by atoms with E-state index in [4.69, 9.17) is 14.3 Å². The summed E-state index contributed by atoms with van der Waals surface area (Å²) < 4.78 is 39.1. The summed E-state index contributed by atoms with van der Waals surface area (Å²) in [6, 6.07) is 11.7. The minimum absolute atomic E-state index is 0.0559. The van der Waals surface area contributed by atoms with Gasteiger partial charge in [-0.25, -0.2) is 18.0 Å². The molecule has 0 bridgehead atoms. The number of sulfonamides is 1. The van der Waals surface area contributed by atoms with Crippen LogP contribution in [0.3, 0.4) is 0 Å². The highest BCUT2D eigenvalue weighted by molar-refractivity contribution is 7.89. The maximum atomic E-state index is 13.9. The largest absolute Gasteiger partial charge is 0.464 e. The van der Waals surface area contributed by atoms with E-state index in [-0.39, 0.29) is 32.6 Å². The second-order valence-electron chi connectivity index (χ2n) is 9.88. The van der Waals surface area contributed by atoms with Gasteiger partial charge in [0.15, 0.2) is 4.90 Å². The number of amides is 1. The van der Waals surface area contributed by atoms with Crippen LogP contribution in [0.25, 0.3) is 0 Å². The van der Waals surface area contributed by atoms with Gasteiger partial charge < -0.3 is 9.47 Å². The SMILES string of the molecule is CCOC(=O)C1CCC(N(OCc2ccccc2)S(=O)(=O)c2ccccc2[N+](=O)[O-])CN1C(=O)OC(C)(C)C. The molecule has 2 atom stereocenters. The number of benzene rings is 2. The molecule has 2 aromatic carbocycles. The maximum absolute atomic E-state index is 13.9. The molecule has 13 heteroatoms. The first-order chi connectivity index (χ1) is 18.3. The van der Waals surface area contributed by atoms with E-state index < -0.39 is 55.3 Å². The second kappa shape index (κ2) is 12.5. The van der Waals surface area contributed by atoms with Crippen LogP contribution < -0.4 is 0 Å². The van der Waals surface area contributed by atoms with Crippen LogP contribution in [-0.4, -0.2) is 65.6 Å². The van der Waals surface area contributed by atoms with Crippen LogP contribution >= 0.6 is 0 Å². The molecule has 0 saturated carbocycles. The van der Waals surface area contributed by atoms with E-state index in [2.05, 4.69) is 0 Å². The summed E-state index contributed by atoms with van der Waals surface area (Å²) in [5.74, 6) is -0.639. The number of likely N-dealkylation sites (tertiary alicyclic amines) is 1. The molecule has 39 heavy (non-hydrogen) atoms. The maximum Gasteiger partial charge on any atom is 0.411 e. The zero-order valence-corrected chi connectivity index (χ0v) is 23.1. The number of para-hydroxylation sites is 1. The fraction of sp³-hybridized carbons (Fsp3) is 0.462. The molecule has 2 unspecified atom stereocenters. The van der Waals surface area contributed by atoms with Crippen molar-refractivity contribution in [3.05, 3.63) is 70.3 Å². The van der Waals surface area contributed by atoms with Gasteiger partial charge in [0.05, 0.1) is 24.2 Å². The molecule has 1 amide bonds. The summed E-state index contributed by atoms with van der Waals surface area (Å²) in [5, 5.41) is 11.7. The summed E-state index contributed by atoms with van der Waals surface area (Å²) in [7, 11) is -4.60. The summed E-state index contributed by atoms with van der Waals surface area (Å²) in [6.45, 7) is 6.30. The molecule has 3 rings (SSSR count). The lowest BCUT2D eigenvalue weighted by Gasteiger charge is -2.41. The minimum Gasteiger partial charge on any atom is -0.464 e. The Balaban J connectivity index is 2.02. The first-order valence-electron chi connectivity index (χ1n) is 12.5. The Morgan fingerprint density at radius 1 is 1.08 bits per heavy atom. The van der Waals surface area contributed by atoms with Crippen molar-refractivity contribution < 1.29 is 37.2 Å². The van der Waals surface area contributed by atoms with E-state index in [0.717, 1.165) is 17.0 Å². The van der Waals surface area contributed by atoms with Crippen molar-refractivity contribution in [3.8, 4) is 0 Å². The lowest BCUT2D eigenvalue weighted by molar-refractivity contribution is -0.388. The first-order valence-corrected chi connectivity index (χ1v) is 13.9. The van der Waals surface area contributed by atoms with Crippen molar-refractivity contribution in [3.63, 3.8) is 0 Å². The Hall–Kier alpha value is -3.55. The third-order valence-electron chi connectivity index (χ3n) is 5.82. The number of hydroxylamine groups is 1. The van der Waals surface area contributed by atoms with Gasteiger partial charge >= 0.3 is 12.1 Å². The molecular weight excluding hydrogens is 530 g/mol. The van der Waals surface area contributed by atoms with E-state index in [9.17, 15) is 28.1 Å². The van der Waals surface area contributed by atoms with Gasteiger partial charge in [0.25, 0.3) is 15.7 Å². The van der Waals surface area contributed by atoms with Crippen molar-refractivity contribution in [2.45, 2.75) is 69.7 Å². The quantitative estimate of drug-likeness (QED) is 0.250. The summed E-state index contributed by atoms with van der Waals surface area (Å²) in [6.07, 6.45) is -0.658. The van der Waals surface area contributed by atoms with Crippen molar-refractivity contribution in [1.29, 1.82) is 0 Å². The van der Waals surface area contributed by atoms with Crippen LogP contribution in [0.4, 0.5) is 10.5 Å². The smallest absolute Gasteiger partial charge is 0.411 e. The summed E-state index contributed by atoms with van der Waals surface area (Å²) in [4.78, 5) is 43.1. The number of nitro benzene ring substituents is 1. The number of nitro groups is 1. The zero-order chi connectivity index (χ0) is 28.8. The zero-order valence-electron chi connectivity index (χ0n) is 22.3. The van der Waals surface area contributed by atoms with Crippen LogP contribution in [0.1, 0.15) is 46.1 Å². The molecule has 0 aliphatic carbocycles. The van der Waals surface area contributed by atoms with E-state index in [1.54, 1.807) is 58.0 Å². The third kappa shape index (κ3) is 7.52. The average Bonchev–Trinajstić information content (AvgIpc) is 2.88. The van der Waals surface area contributed by atoms with Crippen LogP contribution in [0.2, 0.25) is 0 Å². The summed E-state index contributed by atoms with van der Waals surface area (Å²) >= 11 is 0. The Labute approximate surface area is 227 Å². The molecule has 1 aliphatic heterocycles. The van der Waals surface area contributed by atoms with Crippen LogP contribution in [0.5, 0.6) is 0 Å². The van der Waals surface area contributed by atoms with E-state index in [1.165, 1.54) is 12.1 Å². The average molecular weight is 564 g/mol. The number of carbonyl (C=O) groups excluding carboxylic acids is 2. The van der Waals surface area contributed by atoms with Gasteiger partial charge in [-0.05, 0) is 52.2 Å². The normalized spacial score (nSPS) is 18.0. The monoisotopic (exact) mass is 563 g/mol. The Bertz CT molecular complexity index is 1280. The first kappa shape index (κ1) is 30.0. The van der Waals surface area contributed by atoms with Gasteiger partial charge in [-0.3, -0.25) is 19.9 Å². The molecule has 0 spiro atoms. The van der Waals surface area contributed by atoms with Crippen molar-refractivity contribution >= 4 is 27.8 Å². The number of nitrogens with zero attached hydrogens (tertiary/aromatic N) is 3. The molecule has 12 nitrogen and oxygen atoms in total. The number of carbonyl (C=O) groups is 2. The van der Waals surface area contributed by atoms with Gasteiger partial charge in [-0.1, -0.05) is 46.9 Å². The standard InChI is InChI=1S/C26H33N3O9S/c1-5-36-24(30)22-16-15-20(17-27(22)25(31)38-26(2,3)4)29(37-18-19-11-7-6-8-12-19)39(34,35)23-14-10-9-13-21(23)28(32)33/h6-14,20,22H,5,15-18H2,1-4H3. The number of rotatable bonds is 9. The van der Waals surface area contributed by atoms with Gasteiger partial charge in [-0.15, -0.1) is 0 Å². The fourth-order valence-electron chi connectivity index (χ4n) is 4.14. The van der Waals surface area contributed by atoms with Gasteiger partial charge in [0.1, 0.15) is 11.6 Å². The molecule has 0 aromatic heterocycles. The molecule has 0 N–H and O–H groups in total. The molecule has 1 aliphatic rings. The predicted octanol–water partition coefficient (Wildman–Crippen LogP) is 4.05. The Morgan fingerprint density at radius 2 is 1.72 bits per heavy atom. The highest BCUT2D eigenvalue weighted by atomic mass is 32.2. The molecular formula is C26H33N3O9S. The number of hydrogen-bond donors (Lipinski definition) is 0. The van der Waals surface area contributed by atoms with E-state index >= 15 is 0 Å². The fourth-order valence-corrected chi connectivity index (χ4v) is 5.74. The highest BCUT2D eigenvalue weighted by Crippen LogP contribution is 2.32. The van der Waals surface area contributed by atoms with E-state index in [0.29, 0.717) is 10.0 Å². The van der Waals surface area contributed by atoms with Gasteiger partial charge in [0, 0.05) is 12.6 Å². The lowest BCUT2D eigenvalue weighted by Crippen LogP contribution is -2.58. The predicted molar refractivity (Wildman–Crippen MR) is 140 cm³/mol. The highest BCUT2D eigenvalue weighted by Gasteiger charge is 2.45. The number of ether oxygens (including phenoxy) is 2. The molecule has 2 aromatic rings. The van der Waals surface area contributed by atoms with Crippen molar-refractivity contribution in [2.75, 3.05) is 13.2 Å². The van der Waals surface area contributed by atoms with Crippen molar-refractivity contribution in [1.82, 2.24) is 9.37 Å². The Morgan fingerprint density at radius 3 is 2.33 bits per heavy atom. The van der Waals surface area contributed by atoms with Crippen LogP contribution in [0, 0.1) is 10.1 Å². The van der Waals surface area contributed by atoms with Crippen LogP contribution in [-0.2, 0) is 35.7 Å². The molecule has 1 saturated heterocycles.